The highest BCUT2D eigenvalue weighted by atomic mass is 16.6. The van der Waals surface area contributed by atoms with Gasteiger partial charge >= 0.3 is 6.09 Å². The summed E-state index contributed by atoms with van der Waals surface area (Å²) in [6, 6.07) is 8.18. The number of nitriles is 1. The molecule has 1 aromatic carbocycles. The Morgan fingerprint density at radius 2 is 1.67 bits per heavy atom. The number of methoxy groups -OCH3 is 1. The van der Waals surface area contributed by atoms with Gasteiger partial charge in [0.25, 0.3) is 5.91 Å². The lowest BCUT2D eigenvalue weighted by Crippen LogP contribution is -2.48. The zero-order valence-corrected chi connectivity index (χ0v) is 28.4. The molecule has 3 rings (SSSR count). The molecular formula is C34H55N5O4. The van der Waals surface area contributed by atoms with E-state index < -0.39 is 0 Å². The van der Waals surface area contributed by atoms with Gasteiger partial charge in [0.1, 0.15) is 5.69 Å². The van der Waals surface area contributed by atoms with Crippen LogP contribution in [0.15, 0.2) is 47.4 Å². The molecule has 0 atom stereocenters. The second-order valence-corrected chi connectivity index (χ2v) is 10.6. The molecule has 240 valence electrons. The van der Waals surface area contributed by atoms with Crippen molar-refractivity contribution in [2.24, 2.45) is 13.0 Å². The molecule has 0 unspecified atom stereocenters. The first-order valence-corrected chi connectivity index (χ1v) is 15.1. The van der Waals surface area contributed by atoms with Gasteiger partial charge in [0.15, 0.2) is 0 Å². The highest BCUT2D eigenvalue weighted by Crippen LogP contribution is 2.24. The summed E-state index contributed by atoms with van der Waals surface area (Å²) in [6.45, 7) is 25.7. The number of nitrogens with one attached hydrogen (secondary N) is 1. The van der Waals surface area contributed by atoms with Crippen LogP contribution in [0.4, 0.5) is 4.79 Å². The largest absolute Gasteiger partial charge is 0.501 e. The molecule has 0 bridgehead atoms. The summed E-state index contributed by atoms with van der Waals surface area (Å²) in [4.78, 5) is 29.0. The zero-order valence-electron chi connectivity index (χ0n) is 28.4. The summed E-state index contributed by atoms with van der Waals surface area (Å²) in [5.74, 6) is 1.48. The molecule has 1 aromatic heterocycles. The molecule has 1 saturated heterocycles. The lowest BCUT2D eigenvalue weighted by molar-refractivity contribution is 0.0779. The van der Waals surface area contributed by atoms with E-state index in [1.807, 2.05) is 72.2 Å². The molecule has 0 saturated carbocycles. The molecule has 43 heavy (non-hydrogen) atoms. The number of rotatable bonds is 8. The van der Waals surface area contributed by atoms with Gasteiger partial charge in [-0.05, 0) is 64.2 Å². The fraction of sp³-hybridized carbons (Fsp3) is 0.559. The minimum atomic E-state index is -0.231. The maximum Gasteiger partial charge on any atom is 0.409 e. The van der Waals surface area contributed by atoms with Gasteiger partial charge in [-0.3, -0.25) is 9.69 Å². The number of hydrogen-bond donors (Lipinski definition) is 1. The number of fused-ring (bicyclic) bond motifs is 1. The molecule has 0 radical (unpaired) electrons. The van der Waals surface area contributed by atoms with Crippen molar-refractivity contribution >= 4 is 22.9 Å². The molecule has 1 aliphatic rings. The van der Waals surface area contributed by atoms with Crippen molar-refractivity contribution in [3.05, 3.63) is 58.6 Å². The molecule has 0 aliphatic carbocycles. The summed E-state index contributed by atoms with van der Waals surface area (Å²) in [5, 5.41) is 10.6. The molecule has 0 spiro atoms. The van der Waals surface area contributed by atoms with E-state index in [-0.39, 0.29) is 12.0 Å². The van der Waals surface area contributed by atoms with Crippen molar-refractivity contribution in [1.82, 2.24) is 19.7 Å². The van der Waals surface area contributed by atoms with Crippen molar-refractivity contribution < 1.29 is 19.1 Å². The SMILES string of the molecule is C#N.CC.CCOC(=O)N1CCN(Cc2cccc3cc(C(=O)N/C(C)=C/CC(C)C)n(C)c23)CC1.COC(C)=C(C)C. The lowest BCUT2D eigenvalue weighted by Gasteiger charge is -2.34. The molecule has 2 aromatic rings. The van der Waals surface area contributed by atoms with Gasteiger partial charge in [0.05, 0.1) is 25.0 Å². The fourth-order valence-electron chi connectivity index (χ4n) is 4.30. The third kappa shape index (κ3) is 13.0. The molecule has 1 N–H and O–H groups in total. The predicted molar refractivity (Wildman–Crippen MR) is 177 cm³/mol. The highest BCUT2D eigenvalue weighted by Gasteiger charge is 2.23. The Morgan fingerprint density at radius 3 is 2.16 bits per heavy atom. The third-order valence-corrected chi connectivity index (χ3v) is 6.88. The number of nitrogens with zero attached hydrogens (tertiary/aromatic N) is 4. The molecule has 2 heterocycles. The Labute approximate surface area is 260 Å². The van der Waals surface area contributed by atoms with E-state index in [0.29, 0.717) is 31.3 Å². The second-order valence-electron chi connectivity index (χ2n) is 10.6. The van der Waals surface area contributed by atoms with E-state index >= 15 is 0 Å². The Balaban J connectivity index is 0.00000139. The van der Waals surface area contributed by atoms with Crippen LogP contribution in [-0.2, 0) is 23.1 Å². The van der Waals surface area contributed by atoms with Crippen LogP contribution in [0.5, 0.6) is 0 Å². The summed E-state index contributed by atoms with van der Waals surface area (Å²) >= 11 is 0. The van der Waals surface area contributed by atoms with Gasteiger partial charge in [-0.15, -0.1) is 0 Å². The van der Waals surface area contributed by atoms with E-state index in [1.54, 1.807) is 12.0 Å². The van der Waals surface area contributed by atoms with Crippen LogP contribution in [0.1, 0.15) is 84.8 Å². The van der Waals surface area contributed by atoms with E-state index in [0.717, 1.165) is 48.4 Å². The third-order valence-electron chi connectivity index (χ3n) is 6.88. The molecular weight excluding hydrogens is 542 g/mol. The smallest absolute Gasteiger partial charge is 0.409 e. The maximum atomic E-state index is 12.9. The van der Waals surface area contributed by atoms with Crippen molar-refractivity contribution in [2.45, 2.75) is 75.3 Å². The van der Waals surface area contributed by atoms with Gasteiger partial charge in [0.2, 0.25) is 0 Å². The first-order chi connectivity index (χ1) is 20.5. The Kier molecular flexibility index (Phi) is 19.2. The van der Waals surface area contributed by atoms with E-state index in [9.17, 15) is 9.59 Å². The van der Waals surface area contributed by atoms with E-state index in [4.69, 9.17) is 14.7 Å². The highest BCUT2D eigenvalue weighted by molar-refractivity contribution is 6.00. The number of benzene rings is 1. The number of amides is 2. The number of carbonyl (C=O) groups is 2. The second kappa shape index (κ2) is 21.0. The summed E-state index contributed by atoms with van der Waals surface area (Å²) < 4.78 is 12.0. The van der Waals surface area contributed by atoms with Crippen molar-refractivity contribution in [1.29, 1.82) is 5.26 Å². The first kappa shape index (κ1) is 39.2. The van der Waals surface area contributed by atoms with Crippen molar-refractivity contribution in [3.63, 3.8) is 0 Å². The number of carbonyl (C=O) groups excluding carboxylic acids is 2. The predicted octanol–water partition coefficient (Wildman–Crippen LogP) is 7.24. The quantitative estimate of drug-likeness (QED) is 0.322. The minimum Gasteiger partial charge on any atom is -0.501 e. The lowest BCUT2D eigenvalue weighted by atomic mass is 10.1. The van der Waals surface area contributed by atoms with Gasteiger partial charge in [-0.1, -0.05) is 52.0 Å². The van der Waals surface area contributed by atoms with Crippen LogP contribution >= 0.6 is 0 Å². The number of aryl methyl sites for hydroxylation is 1. The molecule has 9 nitrogen and oxygen atoms in total. The van der Waals surface area contributed by atoms with Gasteiger partial charge in [0, 0.05) is 57.4 Å². The molecule has 9 heteroatoms. The van der Waals surface area contributed by atoms with E-state index in [1.165, 1.54) is 11.1 Å². The molecule has 2 amide bonds. The van der Waals surface area contributed by atoms with Crippen LogP contribution in [-0.4, -0.2) is 66.3 Å². The number of piperazine rings is 1. The summed E-state index contributed by atoms with van der Waals surface area (Å²) in [6.07, 6.45) is 2.78. The molecule has 1 fully saturated rings. The van der Waals surface area contributed by atoms with Crippen molar-refractivity contribution in [3.8, 4) is 6.57 Å². The minimum absolute atomic E-state index is 0.0878. The Bertz CT molecular complexity index is 1210. The number of allylic oxidation sites excluding steroid dienone is 4. The zero-order chi connectivity index (χ0) is 33.1. The number of aromatic nitrogens is 1. The number of ether oxygens (including phenoxy) is 2. The standard InChI is InChI=1S/C25H36N4O3.C6H12O.C2H6.CHN/c1-6-32-25(31)29-14-12-28(13-15-29)17-21-9-7-8-20-16-22(27(5)23(20)21)24(30)26-19(4)11-10-18(2)3;1-5(2)6(3)7-4;2*1-2/h7-9,11,16,18H,6,10,12-15,17H2,1-5H3,(H,26,30);1-4H3;1-2H3;1H/b19-11+;;;. The normalized spacial score (nSPS) is 13.0. The van der Waals surface area contributed by atoms with Crippen molar-refractivity contribution in [2.75, 3.05) is 39.9 Å². The van der Waals surface area contributed by atoms with Gasteiger partial charge in [-0.25, -0.2) is 10.1 Å². The van der Waals surface area contributed by atoms with Crippen LogP contribution < -0.4 is 5.32 Å². The topological polar surface area (TPSA) is 99.8 Å². The Morgan fingerprint density at radius 1 is 1.07 bits per heavy atom. The number of para-hydroxylation sites is 1. The monoisotopic (exact) mass is 597 g/mol. The van der Waals surface area contributed by atoms with Crippen LogP contribution in [0.25, 0.3) is 10.9 Å². The first-order valence-electron chi connectivity index (χ1n) is 15.1. The van der Waals surface area contributed by atoms with Gasteiger partial charge in [-0.2, -0.15) is 0 Å². The average Bonchev–Trinajstić information content (AvgIpc) is 3.35. The fourth-order valence-corrected chi connectivity index (χ4v) is 4.30. The maximum absolute atomic E-state index is 12.9. The average molecular weight is 598 g/mol. The van der Waals surface area contributed by atoms with Crippen LogP contribution in [0.2, 0.25) is 0 Å². The molecule has 1 aliphatic heterocycles. The van der Waals surface area contributed by atoms with E-state index in [2.05, 4.69) is 48.8 Å². The van der Waals surface area contributed by atoms with Crippen LogP contribution in [0.3, 0.4) is 0 Å². The van der Waals surface area contributed by atoms with Crippen LogP contribution in [0, 0.1) is 17.8 Å². The summed E-state index contributed by atoms with van der Waals surface area (Å²) in [7, 11) is 3.63. The number of hydrogen-bond acceptors (Lipinski definition) is 6. The summed E-state index contributed by atoms with van der Waals surface area (Å²) in [5.41, 5.74) is 5.03. The van der Waals surface area contributed by atoms with Gasteiger partial charge < -0.3 is 24.3 Å². The Hall–Kier alpha value is -3.77.